The van der Waals surface area contributed by atoms with Gasteiger partial charge in [-0.3, -0.25) is 9.78 Å². The van der Waals surface area contributed by atoms with E-state index in [4.69, 9.17) is 0 Å². The number of carbonyl (C=O) groups is 1. The van der Waals surface area contributed by atoms with Gasteiger partial charge < -0.3 is 4.90 Å². The molecule has 0 N–H and O–H groups in total. The van der Waals surface area contributed by atoms with Crippen LogP contribution in [0.4, 0.5) is 4.39 Å². The molecule has 1 heterocycles. The van der Waals surface area contributed by atoms with E-state index in [-0.39, 0.29) is 16.9 Å². The molecule has 0 bridgehead atoms. The highest BCUT2D eigenvalue weighted by molar-refractivity contribution is 5.94. The van der Waals surface area contributed by atoms with Crippen molar-refractivity contribution in [3.05, 3.63) is 29.8 Å². The van der Waals surface area contributed by atoms with Gasteiger partial charge in [0, 0.05) is 19.8 Å². The monoisotopic (exact) mass is 224 g/mol. The van der Waals surface area contributed by atoms with Crippen molar-refractivity contribution in [2.45, 2.75) is 20.8 Å². The van der Waals surface area contributed by atoms with Gasteiger partial charge in [0.05, 0.1) is 11.8 Å². The van der Waals surface area contributed by atoms with Crippen LogP contribution >= 0.6 is 0 Å². The standard InChI is InChI=1S/C12H17FN2O/c1-12(2,3)8-15(4)11(16)9-5-6-14-7-10(9)13/h5-7H,8H2,1-4H3. The maximum absolute atomic E-state index is 13.3. The zero-order valence-electron chi connectivity index (χ0n) is 10.1. The molecule has 0 atom stereocenters. The second-order valence-corrected chi connectivity index (χ2v) is 5.08. The number of aromatic nitrogens is 1. The molecule has 88 valence electrons. The van der Waals surface area contributed by atoms with Gasteiger partial charge in [0.1, 0.15) is 0 Å². The van der Waals surface area contributed by atoms with Gasteiger partial charge in [-0.1, -0.05) is 20.8 Å². The zero-order valence-corrected chi connectivity index (χ0v) is 10.1. The van der Waals surface area contributed by atoms with Gasteiger partial charge >= 0.3 is 0 Å². The van der Waals surface area contributed by atoms with Crippen molar-refractivity contribution >= 4 is 5.91 Å². The Balaban J connectivity index is 2.83. The quantitative estimate of drug-likeness (QED) is 0.772. The lowest BCUT2D eigenvalue weighted by atomic mass is 9.96. The van der Waals surface area contributed by atoms with Crippen LogP contribution in [0.1, 0.15) is 31.1 Å². The van der Waals surface area contributed by atoms with Gasteiger partial charge in [0.25, 0.3) is 5.91 Å². The first-order valence-corrected chi connectivity index (χ1v) is 5.16. The molecule has 0 aliphatic heterocycles. The van der Waals surface area contributed by atoms with Crippen molar-refractivity contribution in [1.82, 2.24) is 9.88 Å². The minimum atomic E-state index is -0.576. The van der Waals surface area contributed by atoms with Gasteiger partial charge in [-0.15, -0.1) is 0 Å². The average molecular weight is 224 g/mol. The maximum Gasteiger partial charge on any atom is 0.256 e. The number of rotatable bonds is 2. The lowest BCUT2D eigenvalue weighted by Crippen LogP contribution is -2.34. The van der Waals surface area contributed by atoms with E-state index in [1.807, 2.05) is 20.8 Å². The number of amides is 1. The molecule has 0 saturated heterocycles. The third-order valence-electron chi connectivity index (χ3n) is 2.06. The third kappa shape index (κ3) is 3.29. The van der Waals surface area contributed by atoms with E-state index in [9.17, 15) is 9.18 Å². The molecule has 1 aromatic rings. The smallest absolute Gasteiger partial charge is 0.256 e. The molecule has 16 heavy (non-hydrogen) atoms. The lowest BCUT2D eigenvalue weighted by Gasteiger charge is -2.26. The normalized spacial score (nSPS) is 11.3. The molecule has 0 spiro atoms. The minimum absolute atomic E-state index is 0.00604. The Morgan fingerprint density at radius 2 is 2.12 bits per heavy atom. The van der Waals surface area contributed by atoms with Crippen LogP contribution in [-0.2, 0) is 0 Å². The van der Waals surface area contributed by atoms with Crippen molar-refractivity contribution in [3.8, 4) is 0 Å². The van der Waals surface area contributed by atoms with Crippen molar-refractivity contribution in [2.75, 3.05) is 13.6 Å². The molecule has 0 radical (unpaired) electrons. The molecule has 4 heteroatoms. The zero-order chi connectivity index (χ0) is 12.3. The Labute approximate surface area is 95.3 Å². The fourth-order valence-corrected chi connectivity index (χ4v) is 1.54. The Morgan fingerprint density at radius 3 is 2.62 bits per heavy atom. The van der Waals surface area contributed by atoms with E-state index in [1.165, 1.54) is 17.2 Å². The van der Waals surface area contributed by atoms with E-state index in [0.717, 1.165) is 6.20 Å². The fourth-order valence-electron chi connectivity index (χ4n) is 1.54. The highest BCUT2D eigenvalue weighted by atomic mass is 19.1. The Morgan fingerprint density at radius 1 is 1.50 bits per heavy atom. The maximum atomic E-state index is 13.3. The van der Waals surface area contributed by atoms with Crippen molar-refractivity contribution in [3.63, 3.8) is 0 Å². The summed E-state index contributed by atoms with van der Waals surface area (Å²) >= 11 is 0. The number of carbonyl (C=O) groups excluding carboxylic acids is 1. The summed E-state index contributed by atoms with van der Waals surface area (Å²) in [7, 11) is 1.67. The Kier molecular flexibility index (Phi) is 3.62. The Bertz CT molecular complexity index is 385. The lowest BCUT2D eigenvalue weighted by molar-refractivity contribution is 0.0741. The first kappa shape index (κ1) is 12.6. The van der Waals surface area contributed by atoms with E-state index in [1.54, 1.807) is 7.05 Å². The first-order chi connectivity index (χ1) is 7.31. The van der Waals surface area contributed by atoms with E-state index >= 15 is 0 Å². The predicted octanol–water partition coefficient (Wildman–Crippen LogP) is 2.34. The molecule has 0 unspecified atom stereocenters. The van der Waals surface area contributed by atoms with Crippen LogP contribution in [0.15, 0.2) is 18.5 Å². The molecule has 1 rings (SSSR count). The second kappa shape index (κ2) is 4.60. The molecule has 3 nitrogen and oxygen atoms in total. The van der Waals surface area contributed by atoms with Crippen LogP contribution in [0.25, 0.3) is 0 Å². The van der Waals surface area contributed by atoms with Gasteiger partial charge in [0.2, 0.25) is 0 Å². The molecule has 0 fully saturated rings. The average Bonchev–Trinajstić information content (AvgIpc) is 2.15. The summed E-state index contributed by atoms with van der Waals surface area (Å²) in [4.78, 5) is 17.0. The molecule has 0 saturated carbocycles. The summed E-state index contributed by atoms with van der Waals surface area (Å²) in [5.74, 6) is -0.886. The molecule has 0 aliphatic carbocycles. The first-order valence-electron chi connectivity index (χ1n) is 5.16. The number of hydrogen-bond acceptors (Lipinski definition) is 2. The number of hydrogen-bond donors (Lipinski definition) is 0. The number of pyridine rings is 1. The van der Waals surface area contributed by atoms with Crippen LogP contribution in [-0.4, -0.2) is 29.4 Å². The van der Waals surface area contributed by atoms with Gasteiger partial charge in [0.15, 0.2) is 5.82 Å². The van der Waals surface area contributed by atoms with Crippen LogP contribution in [0.5, 0.6) is 0 Å². The largest absolute Gasteiger partial charge is 0.341 e. The molecule has 0 aromatic carbocycles. The minimum Gasteiger partial charge on any atom is -0.341 e. The van der Waals surface area contributed by atoms with Crippen molar-refractivity contribution in [1.29, 1.82) is 0 Å². The topological polar surface area (TPSA) is 33.2 Å². The van der Waals surface area contributed by atoms with E-state index < -0.39 is 5.82 Å². The van der Waals surface area contributed by atoms with E-state index in [0.29, 0.717) is 6.54 Å². The number of halogens is 1. The van der Waals surface area contributed by atoms with Gasteiger partial charge in [-0.05, 0) is 11.5 Å². The van der Waals surface area contributed by atoms with Gasteiger partial charge in [-0.25, -0.2) is 4.39 Å². The van der Waals surface area contributed by atoms with Gasteiger partial charge in [-0.2, -0.15) is 0 Å². The highest BCUT2D eigenvalue weighted by Gasteiger charge is 2.20. The summed E-state index contributed by atoms with van der Waals surface area (Å²) in [5.41, 5.74) is 0.0650. The summed E-state index contributed by atoms with van der Waals surface area (Å²) < 4.78 is 13.3. The van der Waals surface area contributed by atoms with E-state index in [2.05, 4.69) is 4.98 Å². The molecule has 1 amide bonds. The summed E-state index contributed by atoms with van der Waals surface area (Å²) in [6.07, 6.45) is 2.47. The molecular weight excluding hydrogens is 207 g/mol. The van der Waals surface area contributed by atoms with Crippen molar-refractivity contribution in [2.24, 2.45) is 5.41 Å². The number of nitrogens with zero attached hydrogens (tertiary/aromatic N) is 2. The highest BCUT2D eigenvalue weighted by Crippen LogP contribution is 2.16. The molecule has 0 aliphatic rings. The predicted molar refractivity (Wildman–Crippen MR) is 60.6 cm³/mol. The Hall–Kier alpha value is -1.45. The third-order valence-corrected chi connectivity index (χ3v) is 2.06. The summed E-state index contributed by atoms with van der Waals surface area (Å²) in [5, 5.41) is 0. The summed E-state index contributed by atoms with van der Waals surface area (Å²) in [6, 6.07) is 1.40. The second-order valence-electron chi connectivity index (χ2n) is 5.08. The molecular formula is C12H17FN2O. The molecule has 1 aromatic heterocycles. The SMILES string of the molecule is CN(CC(C)(C)C)C(=O)c1ccncc1F. The van der Waals surface area contributed by atoms with Crippen LogP contribution in [0.2, 0.25) is 0 Å². The van der Waals surface area contributed by atoms with Crippen LogP contribution in [0.3, 0.4) is 0 Å². The van der Waals surface area contributed by atoms with Crippen molar-refractivity contribution < 1.29 is 9.18 Å². The van der Waals surface area contributed by atoms with Crippen LogP contribution < -0.4 is 0 Å². The van der Waals surface area contributed by atoms with Crippen LogP contribution in [0, 0.1) is 11.2 Å². The summed E-state index contributed by atoms with van der Waals surface area (Å²) in [6.45, 7) is 6.66. The fraction of sp³-hybridized carbons (Fsp3) is 0.500.